The normalized spacial score (nSPS) is 13.9. The standard InChI is InChI=1S/C22H19N5O2S/c1-26-12-11-17-18(13-26)30-22(23-17)24-20(28)19-15-9-5-6-10-16(15)21(29)27(25-19)14-7-3-2-4-8-14/h2-10H,11-13H2,1H3,(H,23,24,28). The molecule has 4 aromatic rings. The van der Waals surface area contributed by atoms with Crippen molar-refractivity contribution in [1.29, 1.82) is 0 Å². The second-order valence-corrected chi connectivity index (χ2v) is 8.36. The van der Waals surface area contributed by atoms with E-state index < -0.39 is 0 Å². The molecule has 0 radical (unpaired) electrons. The maximum absolute atomic E-state index is 13.2. The molecule has 0 fully saturated rings. The molecule has 1 amide bonds. The molecular weight excluding hydrogens is 398 g/mol. The Balaban J connectivity index is 1.57. The number of aromatic nitrogens is 3. The van der Waals surface area contributed by atoms with Crippen molar-refractivity contribution in [1.82, 2.24) is 19.7 Å². The third-order valence-corrected chi connectivity index (χ3v) is 6.16. The summed E-state index contributed by atoms with van der Waals surface area (Å²) in [5.41, 5.74) is 1.58. The van der Waals surface area contributed by atoms with Crippen LogP contribution in [0.1, 0.15) is 21.1 Å². The van der Waals surface area contributed by atoms with Gasteiger partial charge in [0.1, 0.15) is 0 Å². The SMILES string of the molecule is CN1CCc2nc(NC(=O)c3nn(-c4ccccc4)c(=O)c4ccccc34)sc2C1. The van der Waals surface area contributed by atoms with E-state index in [9.17, 15) is 9.59 Å². The van der Waals surface area contributed by atoms with Gasteiger partial charge in [0, 0.05) is 29.8 Å². The molecule has 0 unspecified atom stereocenters. The molecule has 2 aromatic heterocycles. The number of carbonyl (C=O) groups is 1. The number of rotatable bonds is 3. The average molecular weight is 417 g/mol. The fourth-order valence-corrected chi connectivity index (χ4v) is 4.72. The lowest BCUT2D eigenvalue weighted by Gasteiger charge is -2.20. The van der Waals surface area contributed by atoms with Crippen molar-refractivity contribution in [2.24, 2.45) is 0 Å². The number of nitrogens with zero attached hydrogens (tertiary/aromatic N) is 4. The van der Waals surface area contributed by atoms with Gasteiger partial charge in [0.2, 0.25) is 0 Å². The number of fused-ring (bicyclic) bond motifs is 2. The third kappa shape index (κ3) is 3.30. The molecule has 1 N–H and O–H groups in total. The summed E-state index contributed by atoms with van der Waals surface area (Å²) in [5.74, 6) is -0.379. The van der Waals surface area contributed by atoms with Crippen molar-refractivity contribution in [3.05, 3.63) is 81.2 Å². The van der Waals surface area contributed by atoms with Gasteiger partial charge in [-0.05, 0) is 25.2 Å². The van der Waals surface area contributed by atoms with Crippen molar-refractivity contribution in [2.45, 2.75) is 13.0 Å². The second kappa shape index (κ2) is 7.47. The lowest BCUT2D eigenvalue weighted by atomic mass is 10.1. The van der Waals surface area contributed by atoms with Gasteiger partial charge < -0.3 is 4.90 Å². The van der Waals surface area contributed by atoms with E-state index in [0.29, 0.717) is 21.6 Å². The van der Waals surface area contributed by atoms with Crippen molar-refractivity contribution in [3.8, 4) is 5.69 Å². The minimum atomic E-state index is -0.379. The molecule has 8 heteroatoms. The van der Waals surface area contributed by atoms with E-state index in [-0.39, 0.29) is 17.2 Å². The molecular formula is C22H19N5O2S. The predicted octanol–water partition coefficient (Wildman–Crippen LogP) is 3.08. The van der Waals surface area contributed by atoms with Crippen LogP contribution < -0.4 is 10.9 Å². The second-order valence-electron chi connectivity index (χ2n) is 7.28. The summed E-state index contributed by atoms with van der Waals surface area (Å²) < 4.78 is 1.28. The number of hydrogen-bond acceptors (Lipinski definition) is 6. The number of anilines is 1. The number of para-hydroxylation sites is 1. The van der Waals surface area contributed by atoms with Crippen molar-refractivity contribution >= 4 is 33.1 Å². The number of nitrogens with one attached hydrogen (secondary N) is 1. The Labute approximate surface area is 176 Å². The Bertz CT molecular complexity index is 1310. The molecule has 1 aliphatic heterocycles. The topological polar surface area (TPSA) is 80.1 Å². The largest absolute Gasteiger partial charge is 0.301 e. The third-order valence-electron chi connectivity index (χ3n) is 5.16. The molecule has 0 atom stereocenters. The van der Waals surface area contributed by atoms with Crippen LogP contribution in [0.5, 0.6) is 0 Å². The average Bonchev–Trinajstić information content (AvgIpc) is 3.16. The Hall–Kier alpha value is -3.36. The summed E-state index contributed by atoms with van der Waals surface area (Å²) in [5, 5.41) is 8.84. The summed E-state index contributed by atoms with van der Waals surface area (Å²) >= 11 is 1.49. The molecule has 2 aromatic carbocycles. The zero-order valence-electron chi connectivity index (χ0n) is 16.3. The Kier molecular flexibility index (Phi) is 4.65. The van der Waals surface area contributed by atoms with Gasteiger partial charge in [0.25, 0.3) is 11.5 Å². The summed E-state index contributed by atoms with van der Waals surface area (Å²) in [6.07, 6.45) is 0.873. The first-order valence-corrected chi connectivity index (χ1v) is 10.5. The first-order chi connectivity index (χ1) is 14.6. The molecule has 150 valence electrons. The molecule has 0 saturated carbocycles. The highest BCUT2D eigenvalue weighted by Gasteiger charge is 2.22. The van der Waals surface area contributed by atoms with Crippen LogP contribution in [0.25, 0.3) is 16.5 Å². The van der Waals surface area contributed by atoms with E-state index in [0.717, 1.165) is 25.2 Å². The first kappa shape index (κ1) is 18.7. The number of thiazole rings is 1. The van der Waals surface area contributed by atoms with Crippen LogP contribution in [0.3, 0.4) is 0 Å². The summed E-state index contributed by atoms with van der Waals surface area (Å²) in [6, 6.07) is 16.1. The predicted molar refractivity (Wildman–Crippen MR) is 117 cm³/mol. The minimum absolute atomic E-state index is 0.194. The van der Waals surface area contributed by atoms with Crippen molar-refractivity contribution in [3.63, 3.8) is 0 Å². The van der Waals surface area contributed by atoms with Crippen LogP contribution in [0.4, 0.5) is 5.13 Å². The Morgan fingerprint density at radius 3 is 2.60 bits per heavy atom. The lowest BCUT2D eigenvalue weighted by molar-refractivity contribution is 0.102. The van der Waals surface area contributed by atoms with E-state index in [1.165, 1.54) is 20.9 Å². The van der Waals surface area contributed by atoms with Gasteiger partial charge in [-0.25, -0.2) is 4.98 Å². The molecule has 0 aliphatic carbocycles. The summed E-state index contributed by atoms with van der Waals surface area (Å²) in [7, 11) is 2.07. The summed E-state index contributed by atoms with van der Waals surface area (Å²) in [4.78, 5) is 34.1. The van der Waals surface area contributed by atoms with Crippen molar-refractivity contribution in [2.75, 3.05) is 18.9 Å². The minimum Gasteiger partial charge on any atom is -0.301 e. The molecule has 1 aliphatic rings. The van der Waals surface area contributed by atoms with E-state index >= 15 is 0 Å². The molecule has 7 nitrogen and oxygen atoms in total. The molecule has 30 heavy (non-hydrogen) atoms. The summed E-state index contributed by atoms with van der Waals surface area (Å²) in [6.45, 7) is 1.79. The number of likely N-dealkylation sites (N-methyl/N-ethyl adjacent to an activating group) is 1. The van der Waals surface area contributed by atoms with Gasteiger partial charge in [-0.2, -0.15) is 9.78 Å². The van der Waals surface area contributed by atoms with Gasteiger partial charge in [-0.3, -0.25) is 14.9 Å². The van der Waals surface area contributed by atoms with E-state index in [1.807, 2.05) is 18.2 Å². The highest BCUT2D eigenvalue weighted by molar-refractivity contribution is 7.15. The van der Waals surface area contributed by atoms with E-state index in [2.05, 4.69) is 27.3 Å². The highest BCUT2D eigenvalue weighted by Crippen LogP contribution is 2.28. The highest BCUT2D eigenvalue weighted by atomic mass is 32.1. The Morgan fingerprint density at radius 1 is 1.07 bits per heavy atom. The van der Waals surface area contributed by atoms with Gasteiger partial charge in [-0.1, -0.05) is 36.4 Å². The van der Waals surface area contributed by atoms with E-state index in [4.69, 9.17) is 0 Å². The molecule has 0 saturated heterocycles. The fourth-order valence-electron chi connectivity index (χ4n) is 3.63. The monoisotopic (exact) mass is 417 g/mol. The smallest absolute Gasteiger partial charge is 0.279 e. The molecule has 3 heterocycles. The zero-order chi connectivity index (χ0) is 20.7. The van der Waals surface area contributed by atoms with Gasteiger partial charge >= 0.3 is 0 Å². The van der Waals surface area contributed by atoms with Crippen LogP contribution in [-0.4, -0.2) is 39.2 Å². The molecule has 0 bridgehead atoms. The molecule has 0 spiro atoms. The van der Waals surface area contributed by atoms with Crippen LogP contribution in [0, 0.1) is 0 Å². The first-order valence-electron chi connectivity index (χ1n) is 9.66. The number of carbonyl (C=O) groups excluding carboxylic acids is 1. The number of benzene rings is 2. The van der Waals surface area contributed by atoms with Crippen LogP contribution in [-0.2, 0) is 13.0 Å². The maximum Gasteiger partial charge on any atom is 0.279 e. The lowest BCUT2D eigenvalue weighted by Crippen LogP contribution is -2.26. The van der Waals surface area contributed by atoms with Crippen molar-refractivity contribution < 1.29 is 4.79 Å². The molecule has 5 rings (SSSR count). The van der Waals surface area contributed by atoms with E-state index in [1.54, 1.807) is 36.4 Å². The van der Waals surface area contributed by atoms with Gasteiger partial charge in [0.15, 0.2) is 10.8 Å². The zero-order valence-corrected chi connectivity index (χ0v) is 17.1. The van der Waals surface area contributed by atoms with Gasteiger partial charge in [-0.15, -0.1) is 11.3 Å². The number of amides is 1. The van der Waals surface area contributed by atoms with Gasteiger partial charge in [0.05, 0.1) is 16.8 Å². The maximum atomic E-state index is 13.2. The number of hydrogen-bond donors (Lipinski definition) is 1. The van der Waals surface area contributed by atoms with Crippen LogP contribution >= 0.6 is 11.3 Å². The van der Waals surface area contributed by atoms with Crippen LogP contribution in [0.2, 0.25) is 0 Å². The van der Waals surface area contributed by atoms with Crippen LogP contribution in [0.15, 0.2) is 59.4 Å². The fraction of sp³-hybridized carbons (Fsp3) is 0.182. The quantitative estimate of drug-likeness (QED) is 0.554. The Morgan fingerprint density at radius 2 is 1.80 bits per heavy atom.